The molecule has 0 aliphatic carbocycles. The molecule has 150 valence electrons. The van der Waals surface area contributed by atoms with Crippen molar-refractivity contribution in [2.24, 2.45) is 0 Å². The molecule has 0 bridgehead atoms. The summed E-state index contributed by atoms with van der Waals surface area (Å²) in [6, 6.07) is 0. The van der Waals surface area contributed by atoms with Gasteiger partial charge in [-0.3, -0.25) is 4.79 Å². The van der Waals surface area contributed by atoms with Crippen molar-refractivity contribution in [3.8, 4) is 0 Å². The SMILES string of the molecule is [2H]C([2H])([2H])C([2H])([2H])/C=C\C[C@H](O)/C=C/C=C\C[C@@H](O)/C=C/C=C/C=C\[C@@H](O)CCC(=O)O. The fraction of sp³-hybridized carbons (Fsp3) is 0.409. The van der Waals surface area contributed by atoms with E-state index in [9.17, 15) is 20.1 Å². The summed E-state index contributed by atoms with van der Waals surface area (Å²) in [5.41, 5.74) is 0. The Kier molecular flexibility index (Phi) is 10.8. The van der Waals surface area contributed by atoms with Crippen molar-refractivity contribution in [1.82, 2.24) is 0 Å². The van der Waals surface area contributed by atoms with E-state index in [1.165, 1.54) is 18.2 Å². The van der Waals surface area contributed by atoms with Crippen LogP contribution in [0.1, 0.15) is 45.8 Å². The standard InChI is InChI=1S/C22H32O5/c1-2-3-7-12-19(23)14-10-6-11-15-20(24)13-8-4-5-9-16-21(25)17-18-22(26)27/h3-11,13-14,16,19-21,23-25H,2,12,15,17-18H2,1H3,(H,26,27)/b5-4+,7-3-,11-6-,13-8+,14-10+,16-9-/t19-,20-,21+/m0/s1/i1D3,2D2. The van der Waals surface area contributed by atoms with Crippen LogP contribution in [0.3, 0.4) is 0 Å². The van der Waals surface area contributed by atoms with Crippen molar-refractivity contribution in [2.75, 3.05) is 0 Å². The van der Waals surface area contributed by atoms with Crippen molar-refractivity contribution in [3.63, 3.8) is 0 Å². The van der Waals surface area contributed by atoms with Gasteiger partial charge in [0.05, 0.1) is 18.3 Å². The van der Waals surface area contributed by atoms with Crippen LogP contribution in [0.25, 0.3) is 0 Å². The Hall–Kier alpha value is -2.21. The summed E-state index contributed by atoms with van der Waals surface area (Å²) in [6.07, 6.45) is 13.7. The van der Waals surface area contributed by atoms with Crippen LogP contribution in [0.4, 0.5) is 0 Å². The van der Waals surface area contributed by atoms with Crippen molar-refractivity contribution in [2.45, 2.75) is 57.2 Å². The van der Waals surface area contributed by atoms with Gasteiger partial charge in [-0.1, -0.05) is 79.8 Å². The van der Waals surface area contributed by atoms with Gasteiger partial charge in [0.25, 0.3) is 0 Å². The van der Waals surface area contributed by atoms with Gasteiger partial charge in [-0.25, -0.2) is 0 Å². The Balaban J connectivity index is 4.22. The Morgan fingerprint density at radius 2 is 1.41 bits per heavy atom. The van der Waals surface area contributed by atoms with E-state index in [0.29, 0.717) is 6.42 Å². The van der Waals surface area contributed by atoms with E-state index in [1.807, 2.05) is 0 Å². The summed E-state index contributed by atoms with van der Waals surface area (Å²) in [4.78, 5) is 10.4. The first-order valence-electron chi connectivity index (χ1n) is 11.1. The zero-order chi connectivity index (χ0) is 24.6. The molecule has 5 heteroatoms. The minimum absolute atomic E-state index is 0.0721. The molecule has 3 atom stereocenters. The molecule has 0 saturated carbocycles. The molecule has 0 spiro atoms. The van der Waals surface area contributed by atoms with Crippen LogP contribution in [0.2, 0.25) is 0 Å². The largest absolute Gasteiger partial charge is 0.481 e. The first kappa shape index (κ1) is 16.9. The van der Waals surface area contributed by atoms with Gasteiger partial charge in [0.1, 0.15) is 0 Å². The molecule has 0 aromatic carbocycles. The molecule has 0 aromatic heterocycles. The van der Waals surface area contributed by atoms with Gasteiger partial charge in [0.15, 0.2) is 0 Å². The van der Waals surface area contributed by atoms with Gasteiger partial charge in [-0.05, 0) is 25.6 Å². The maximum absolute atomic E-state index is 10.4. The Labute approximate surface area is 169 Å². The highest BCUT2D eigenvalue weighted by Gasteiger charge is 2.02. The van der Waals surface area contributed by atoms with Gasteiger partial charge < -0.3 is 20.4 Å². The lowest BCUT2D eigenvalue weighted by atomic mass is 10.2. The Bertz CT molecular complexity index is 721. The lowest BCUT2D eigenvalue weighted by Crippen LogP contribution is -2.05. The maximum Gasteiger partial charge on any atom is 0.303 e. The molecule has 0 saturated heterocycles. The second-order valence-electron chi connectivity index (χ2n) is 5.62. The summed E-state index contributed by atoms with van der Waals surface area (Å²) in [5.74, 6) is -0.961. The van der Waals surface area contributed by atoms with Crippen LogP contribution in [0.5, 0.6) is 0 Å². The molecule has 0 aliphatic heterocycles. The predicted octanol–water partition coefficient (Wildman–Crippen LogP) is 3.46. The van der Waals surface area contributed by atoms with E-state index in [4.69, 9.17) is 12.0 Å². The molecule has 27 heavy (non-hydrogen) atoms. The van der Waals surface area contributed by atoms with Crippen LogP contribution < -0.4 is 0 Å². The fourth-order valence-electron chi connectivity index (χ4n) is 1.79. The number of aliphatic hydroxyl groups is 3. The average Bonchev–Trinajstić information content (AvgIpc) is 2.67. The topological polar surface area (TPSA) is 98.0 Å². The van der Waals surface area contributed by atoms with E-state index in [2.05, 4.69) is 0 Å². The molecule has 0 radical (unpaired) electrons. The molecular weight excluding hydrogens is 344 g/mol. The zero-order valence-electron chi connectivity index (χ0n) is 20.2. The van der Waals surface area contributed by atoms with Crippen molar-refractivity contribution < 1.29 is 32.1 Å². The van der Waals surface area contributed by atoms with Gasteiger partial charge >= 0.3 is 5.97 Å². The minimum Gasteiger partial charge on any atom is -0.481 e. The summed E-state index contributed by atoms with van der Waals surface area (Å²) < 4.78 is 36.1. The highest BCUT2D eigenvalue weighted by Crippen LogP contribution is 2.00. The van der Waals surface area contributed by atoms with E-state index in [-0.39, 0.29) is 19.3 Å². The summed E-state index contributed by atoms with van der Waals surface area (Å²) in [7, 11) is 0. The molecule has 0 amide bonds. The van der Waals surface area contributed by atoms with Crippen LogP contribution in [0.15, 0.2) is 72.9 Å². The highest BCUT2D eigenvalue weighted by atomic mass is 16.4. The van der Waals surface area contributed by atoms with E-state index < -0.39 is 37.5 Å². The smallest absolute Gasteiger partial charge is 0.303 e. The third kappa shape index (κ3) is 18.4. The van der Waals surface area contributed by atoms with Crippen molar-refractivity contribution >= 4 is 5.97 Å². The lowest BCUT2D eigenvalue weighted by Gasteiger charge is -2.00. The normalized spacial score (nSPS) is 20.3. The number of allylic oxidation sites excluding steroid dienone is 7. The molecule has 0 fully saturated rings. The molecule has 0 aliphatic rings. The molecule has 0 unspecified atom stereocenters. The number of rotatable bonds is 14. The second kappa shape index (κ2) is 17.2. The summed E-state index contributed by atoms with van der Waals surface area (Å²) in [5, 5.41) is 37.6. The van der Waals surface area contributed by atoms with Crippen LogP contribution in [0, 0.1) is 0 Å². The third-order valence-electron chi connectivity index (χ3n) is 3.19. The average molecular weight is 382 g/mol. The zero-order valence-corrected chi connectivity index (χ0v) is 15.2. The molecule has 4 N–H and O–H groups in total. The summed E-state index contributed by atoms with van der Waals surface area (Å²) in [6.45, 7) is -2.76. The van der Waals surface area contributed by atoms with Crippen LogP contribution in [-0.2, 0) is 4.79 Å². The van der Waals surface area contributed by atoms with Gasteiger partial charge in [0.2, 0.25) is 0 Å². The third-order valence-corrected chi connectivity index (χ3v) is 3.19. The molecule has 5 nitrogen and oxygen atoms in total. The summed E-state index contributed by atoms with van der Waals surface area (Å²) >= 11 is 0. The van der Waals surface area contributed by atoms with Crippen molar-refractivity contribution in [3.05, 3.63) is 72.9 Å². The van der Waals surface area contributed by atoms with E-state index in [1.54, 1.807) is 48.6 Å². The van der Waals surface area contributed by atoms with Gasteiger partial charge in [-0.2, -0.15) is 0 Å². The quantitative estimate of drug-likeness (QED) is 0.273. The highest BCUT2D eigenvalue weighted by molar-refractivity contribution is 5.66. The van der Waals surface area contributed by atoms with Crippen LogP contribution >= 0.6 is 0 Å². The maximum atomic E-state index is 10.4. The van der Waals surface area contributed by atoms with E-state index >= 15 is 0 Å². The molecular formula is C22H32O5. The Morgan fingerprint density at radius 3 is 2.00 bits per heavy atom. The van der Waals surface area contributed by atoms with Crippen LogP contribution in [-0.4, -0.2) is 44.7 Å². The first-order chi connectivity index (χ1) is 14.8. The molecule has 0 rings (SSSR count). The Morgan fingerprint density at radius 1 is 0.852 bits per heavy atom. The number of aliphatic hydroxyl groups excluding tert-OH is 3. The fourth-order valence-corrected chi connectivity index (χ4v) is 1.79. The number of hydrogen-bond donors (Lipinski definition) is 4. The lowest BCUT2D eigenvalue weighted by molar-refractivity contribution is -0.137. The molecule has 0 heterocycles. The molecule has 0 aromatic rings. The van der Waals surface area contributed by atoms with Gasteiger partial charge in [0, 0.05) is 13.3 Å². The van der Waals surface area contributed by atoms with Crippen molar-refractivity contribution in [1.29, 1.82) is 0 Å². The first-order valence-corrected chi connectivity index (χ1v) is 8.64. The predicted molar refractivity (Wildman–Crippen MR) is 109 cm³/mol. The number of carboxylic acids is 1. The number of hydrogen-bond acceptors (Lipinski definition) is 4. The number of carboxylic acid groups (broad SMARTS) is 1. The second-order valence-corrected chi connectivity index (χ2v) is 5.62. The minimum atomic E-state index is -2.76. The number of aliphatic carboxylic acids is 1. The van der Waals surface area contributed by atoms with E-state index in [0.717, 1.165) is 6.08 Å². The van der Waals surface area contributed by atoms with Gasteiger partial charge in [-0.15, -0.1) is 0 Å². The monoisotopic (exact) mass is 381 g/mol. The number of carbonyl (C=O) groups is 1.